The molecule has 0 saturated carbocycles. The topological polar surface area (TPSA) is 38.9 Å². The van der Waals surface area contributed by atoms with E-state index in [9.17, 15) is 4.39 Å². The Kier molecular flexibility index (Phi) is 3.53. The summed E-state index contributed by atoms with van der Waals surface area (Å²) >= 11 is 7.21. The molecule has 0 fully saturated rings. The molecule has 2 rings (SSSR count). The number of nitrogens with two attached hydrogens (primary N) is 1. The standard InChI is InChI=1S/C11H10ClFN2S/c12-8-3-1-2-7(11(8)13)9(14)6-10-15-4-5-16-10/h1-5,9H,6,14H2. The molecule has 5 heteroatoms. The van der Waals surface area contributed by atoms with Crippen LogP contribution in [0.3, 0.4) is 0 Å². The van der Waals surface area contributed by atoms with Crippen molar-refractivity contribution in [3.05, 3.63) is 51.2 Å². The van der Waals surface area contributed by atoms with Crippen molar-refractivity contribution in [2.24, 2.45) is 5.73 Å². The third-order valence-corrected chi connectivity index (χ3v) is 3.35. The van der Waals surface area contributed by atoms with Crippen molar-refractivity contribution in [3.8, 4) is 0 Å². The maximum Gasteiger partial charge on any atom is 0.146 e. The van der Waals surface area contributed by atoms with Crippen LogP contribution in [0.2, 0.25) is 5.02 Å². The molecule has 0 saturated heterocycles. The van der Waals surface area contributed by atoms with Crippen LogP contribution >= 0.6 is 22.9 Å². The van der Waals surface area contributed by atoms with Gasteiger partial charge in [0.05, 0.1) is 10.0 Å². The third kappa shape index (κ3) is 2.40. The first-order valence-corrected chi connectivity index (χ1v) is 6.02. The minimum atomic E-state index is -0.437. The first-order valence-electron chi connectivity index (χ1n) is 4.76. The van der Waals surface area contributed by atoms with E-state index in [1.54, 1.807) is 18.3 Å². The van der Waals surface area contributed by atoms with Crippen LogP contribution in [0.4, 0.5) is 4.39 Å². The van der Waals surface area contributed by atoms with Crippen LogP contribution in [0.5, 0.6) is 0 Å². The molecule has 0 radical (unpaired) electrons. The number of thiazole rings is 1. The van der Waals surface area contributed by atoms with Gasteiger partial charge in [0.2, 0.25) is 0 Å². The number of aromatic nitrogens is 1. The van der Waals surface area contributed by atoms with Gasteiger partial charge in [-0.1, -0.05) is 23.7 Å². The fourth-order valence-electron chi connectivity index (χ4n) is 1.46. The van der Waals surface area contributed by atoms with Crippen LogP contribution in [0.25, 0.3) is 0 Å². The van der Waals surface area contributed by atoms with Gasteiger partial charge in [0.1, 0.15) is 5.82 Å². The van der Waals surface area contributed by atoms with Gasteiger partial charge in [-0.25, -0.2) is 9.37 Å². The highest BCUT2D eigenvalue weighted by Gasteiger charge is 2.15. The Morgan fingerprint density at radius 3 is 3.00 bits per heavy atom. The summed E-state index contributed by atoms with van der Waals surface area (Å²) in [5.74, 6) is -0.437. The minimum Gasteiger partial charge on any atom is -0.324 e. The van der Waals surface area contributed by atoms with Crippen LogP contribution in [-0.2, 0) is 6.42 Å². The van der Waals surface area contributed by atoms with E-state index in [2.05, 4.69) is 4.98 Å². The summed E-state index contributed by atoms with van der Waals surface area (Å²) in [5, 5.41) is 2.87. The maximum absolute atomic E-state index is 13.7. The van der Waals surface area contributed by atoms with Crippen LogP contribution in [0.15, 0.2) is 29.8 Å². The molecule has 0 aliphatic rings. The van der Waals surface area contributed by atoms with E-state index in [1.165, 1.54) is 17.4 Å². The summed E-state index contributed by atoms with van der Waals surface area (Å²) in [6.07, 6.45) is 2.23. The molecule has 1 unspecified atom stereocenters. The fraction of sp³-hybridized carbons (Fsp3) is 0.182. The van der Waals surface area contributed by atoms with Crippen molar-refractivity contribution in [2.75, 3.05) is 0 Å². The van der Waals surface area contributed by atoms with Gasteiger partial charge in [0.25, 0.3) is 0 Å². The second kappa shape index (κ2) is 4.91. The molecule has 0 amide bonds. The van der Waals surface area contributed by atoms with Crippen LogP contribution in [0, 0.1) is 5.82 Å². The second-order valence-electron chi connectivity index (χ2n) is 3.38. The lowest BCUT2D eigenvalue weighted by Gasteiger charge is -2.11. The number of hydrogen-bond donors (Lipinski definition) is 1. The average molecular weight is 257 g/mol. The summed E-state index contributed by atoms with van der Waals surface area (Å²) in [6, 6.07) is 4.45. The van der Waals surface area contributed by atoms with Gasteiger partial charge < -0.3 is 5.73 Å². The monoisotopic (exact) mass is 256 g/mol. The highest BCUT2D eigenvalue weighted by molar-refractivity contribution is 7.09. The molecule has 16 heavy (non-hydrogen) atoms. The van der Waals surface area contributed by atoms with E-state index in [0.717, 1.165) is 5.01 Å². The van der Waals surface area contributed by atoms with E-state index in [0.29, 0.717) is 12.0 Å². The number of nitrogens with zero attached hydrogens (tertiary/aromatic N) is 1. The zero-order valence-corrected chi connectivity index (χ0v) is 9.93. The lowest BCUT2D eigenvalue weighted by atomic mass is 10.0. The number of hydrogen-bond acceptors (Lipinski definition) is 3. The van der Waals surface area contributed by atoms with E-state index < -0.39 is 11.9 Å². The number of benzene rings is 1. The van der Waals surface area contributed by atoms with E-state index in [1.807, 2.05) is 5.38 Å². The molecular weight excluding hydrogens is 247 g/mol. The molecule has 0 bridgehead atoms. The molecule has 1 heterocycles. The SMILES string of the molecule is NC(Cc1nccs1)c1cccc(Cl)c1F. The van der Waals surface area contributed by atoms with Crippen molar-refractivity contribution in [1.29, 1.82) is 0 Å². The summed E-state index contributed by atoms with van der Waals surface area (Å²) in [5.41, 5.74) is 6.36. The lowest BCUT2D eigenvalue weighted by Crippen LogP contribution is -2.15. The van der Waals surface area contributed by atoms with Crippen LogP contribution < -0.4 is 5.73 Å². The second-order valence-corrected chi connectivity index (χ2v) is 4.77. The van der Waals surface area contributed by atoms with Crippen molar-refractivity contribution >= 4 is 22.9 Å². The van der Waals surface area contributed by atoms with E-state index in [4.69, 9.17) is 17.3 Å². The Morgan fingerprint density at radius 2 is 2.31 bits per heavy atom. The zero-order chi connectivity index (χ0) is 11.5. The fourth-order valence-corrected chi connectivity index (χ4v) is 2.32. The molecule has 84 valence electrons. The zero-order valence-electron chi connectivity index (χ0n) is 8.36. The molecule has 2 aromatic rings. The normalized spacial score (nSPS) is 12.7. The van der Waals surface area contributed by atoms with Crippen molar-refractivity contribution in [2.45, 2.75) is 12.5 Å². The smallest absolute Gasteiger partial charge is 0.146 e. The summed E-state index contributed by atoms with van der Waals surface area (Å²) < 4.78 is 13.7. The van der Waals surface area contributed by atoms with Gasteiger partial charge in [-0.2, -0.15) is 0 Å². The predicted octanol–water partition coefficient (Wildman–Crippen LogP) is 3.18. The first-order chi connectivity index (χ1) is 7.68. The largest absolute Gasteiger partial charge is 0.324 e. The molecule has 2 N–H and O–H groups in total. The Balaban J connectivity index is 2.21. The molecule has 1 aromatic heterocycles. The van der Waals surface area contributed by atoms with Gasteiger partial charge in [0, 0.05) is 29.6 Å². The average Bonchev–Trinajstić information content (AvgIpc) is 2.74. The summed E-state index contributed by atoms with van der Waals surface area (Å²) in [6.45, 7) is 0. The van der Waals surface area contributed by atoms with Gasteiger partial charge in [-0.15, -0.1) is 11.3 Å². The van der Waals surface area contributed by atoms with Crippen molar-refractivity contribution in [1.82, 2.24) is 4.98 Å². The Labute approximate surface area is 102 Å². The van der Waals surface area contributed by atoms with Crippen LogP contribution in [-0.4, -0.2) is 4.98 Å². The third-order valence-electron chi connectivity index (χ3n) is 2.26. The minimum absolute atomic E-state index is 0.104. The van der Waals surface area contributed by atoms with Gasteiger partial charge in [0.15, 0.2) is 0 Å². The van der Waals surface area contributed by atoms with Gasteiger partial charge >= 0.3 is 0 Å². The number of halogens is 2. The van der Waals surface area contributed by atoms with E-state index >= 15 is 0 Å². The molecule has 0 spiro atoms. The Morgan fingerprint density at radius 1 is 1.50 bits per heavy atom. The molecule has 1 atom stereocenters. The van der Waals surface area contributed by atoms with Crippen molar-refractivity contribution in [3.63, 3.8) is 0 Å². The maximum atomic E-state index is 13.7. The molecular formula is C11H10ClFN2S. The van der Waals surface area contributed by atoms with E-state index in [-0.39, 0.29) is 5.02 Å². The highest BCUT2D eigenvalue weighted by atomic mass is 35.5. The number of rotatable bonds is 3. The predicted molar refractivity (Wildman–Crippen MR) is 64.2 cm³/mol. The van der Waals surface area contributed by atoms with Gasteiger partial charge in [-0.3, -0.25) is 0 Å². The summed E-state index contributed by atoms with van der Waals surface area (Å²) in [4.78, 5) is 4.12. The first kappa shape index (κ1) is 11.5. The Bertz CT molecular complexity index is 473. The van der Waals surface area contributed by atoms with Gasteiger partial charge in [-0.05, 0) is 6.07 Å². The van der Waals surface area contributed by atoms with Crippen LogP contribution in [0.1, 0.15) is 16.6 Å². The summed E-state index contributed by atoms with van der Waals surface area (Å²) in [7, 11) is 0. The highest BCUT2D eigenvalue weighted by Crippen LogP contribution is 2.24. The molecule has 0 aliphatic heterocycles. The molecule has 0 aliphatic carbocycles. The quantitative estimate of drug-likeness (QED) is 0.916. The Hall–Kier alpha value is -0.970. The lowest BCUT2D eigenvalue weighted by molar-refractivity contribution is 0.580. The molecule has 2 nitrogen and oxygen atoms in total. The molecule has 1 aromatic carbocycles. The van der Waals surface area contributed by atoms with Crippen molar-refractivity contribution < 1.29 is 4.39 Å².